The van der Waals surface area contributed by atoms with E-state index in [9.17, 15) is 5.11 Å². The first-order chi connectivity index (χ1) is 10.3. The SMILES string of the molecule is O[C@@H](C[C@@H]1CCCN1Cc1ccccn1)c1ccccc1. The van der Waals surface area contributed by atoms with Crippen molar-refractivity contribution in [3.8, 4) is 0 Å². The van der Waals surface area contributed by atoms with E-state index in [0.29, 0.717) is 6.04 Å². The lowest BCUT2D eigenvalue weighted by Gasteiger charge is -2.26. The van der Waals surface area contributed by atoms with Crippen molar-refractivity contribution in [2.75, 3.05) is 6.54 Å². The van der Waals surface area contributed by atoms with Crippen molar-refractivity contribution in [3.05, 3.63) is 66.0 Å². The van der Waals surface area contributed by atoms with Gasteiger partial charge in [0.05, 0.1) is 11.8 Å². The van der Waals surface area contributed by atoms with E-state index in [1.165, 1.54) is 6.42 Å². The number of aliphatic hydroxyl groups excluding tert-OH is 1. The maximum absolute atomic E-state index is 10.4. The monoisotopic (exact) mass is 282 g/mol. The van der Waals surface area contributed by atoms with Crippen molar-refractivity contribution >= 4 is 0 Å². The highest BCUT2D eigenvalue weighted by Gasteiger charge is 2.27. The summed E-state index contributed by atoms with van der Waals surface area (Å²) in [5, 5.41) is 10.4. The van der Waals surface area contributed by atoms with Crippen LogP contribution in [0.2, 0.25) is 0 Å². The Morgan fingerprint density at radius 1 is 1.14 bits per heavy atom. The normalized spacial score (nSPS) is 20.5. The first-order valence-corrected chi connectivity index (χ1v) is 7.70. The highest BCUT2D eigenvalue weighted by atomic mass is 16.3. The molecule has 0 saturated carbocycles. The van der Waals surface area contributed by atoms with E-state index in [1.54, 1.807) is 0 Å². The molecule has 1 fully saturated rings. The van der Waals surface area contributed by atoms with Crippen LogP contribution in [-0.2, 0) is 6.54 Å². The summed E-state index contributed by atoms with van der Waals surface area (Å²) < 4.78 is 0. The standard InChI is InChI=1S/C18H22N2O/c21-18(15-7-2-1-3-8-15)13-17-10-6-12-20(17)14-16-9-4-5-11-19-16/h1-5,7-9,11,17-18,21H,6,10,12-14H2/t17-,18-/m0/s1. The molecule has 1 saturated heterocycles. The van der Waals surface area contributed by atoms with Gasteiger partial charge in [0.25, 0.3) is 0 Å². The van der Waals surface area contributed by atoms with Crippen LogP contribution in [0, 0.1) is 0 Å². The molecule has 3 rings (SSSR count). The zero-order valence-electron chi connectivity index (χ0n) is 12.2. The smallest absolute Gasteiger partial charge is 0.0805 e. The van der Waals surface area contributed by atoms with Crippen LogP contribution in [0.4, 0.5) is 0 Å². The average Bonchev–Trinajstić information content (AvgIpc) is 2.96. The second-order valence-corrected chi connectivity index (χ2v) is 5.75. The summed E-state index contributed by atoms with van der Waals surface area (Å²) in [6, 6.07) is 16.5. The predicted octanol–water partition coefficient (Wildman–Crippen LogP) is 3.17. The van der Waals surface area contributed by atoms with E-state index >= 15 is 0 Å². The van der Waals surface area contributed by atoms with Crippen LogP contribution in [0.5, 0.6) is 0 Å². The van der Waals surface area contributed by atoms with Crippen LogP contribution in [0.25, 0.3) is 0 Å². The van der Waals surface area contributed by atoms with Gasteiger partial charge < -0.3 is 5.11 Å². The van der Waals surface area contributed by atoms with Crippen molar-refractivity contribution in [3.63, 3.8) is 0 Å². The number of hydrogen-bond acceptors (Lipinski definition) is 3. The van der Waals surface area contributed by atoms with Crippen LogP contribution >= 0.6 is 0 Å². The van der Waals surface area contributed by atoms with Gasteiger partial charge in [-0.05, 0) is 43.5 Å². The molecular formula is C18H22N2O. The molecule has 0 unspecified atom stereocenters. The van der Waals surface area contributed by atoms with Gasteiger partial charge in [-0.2, -0.15) is 0 Å². The largest absolute Gasteiger partial charge is 0.388 e. The molecule has 21 heavy (non-hydrogen) atoms. The molecule has 1 aliphatic heterocycles. The lowest BCUT2D eigenvalue weighted by molar-refractivity contribution is 0.117. The lowest BCUT2D eigenvalue weighted by atomic mass is 10.0. The summed E-state index contributed by atoms with van der Waals surface area (Å²) >= 11 is 0. The predicted molar refractivity (Wildman–Crippen MR) is 83.7 cm³/mol. The summed E-state index contributed by atoms with van der Waals surface area (Å²) in [6.45, 7) is 1.98. The summed E-state index contributed by atoms with van der Waals surface area (Å²) in [5.74, 6) is 0. The molecule has 1 aliphatic rings. The molecule has 1 N–H and O–H groups in total. The fraction of sp³-hybridized carbons (Fsp3) is 0.389. The highest BCUT2D eigenvalue weighted by Crippen LogP contribution is 2.28. The fourth-order valence-corrected chi connectivity index (χ4v) is 3.14. The van der Waals surface area contributed by atoms with Gasteiger partial charge in [0, 0.05) is 18.8 Å². The Hall–Kier alpha value is -1.71. The molecule has 2 aromatic rings. The minimum Gasteiger partial charge on any atom is -0.388 e. The van der Waals surface area contributed by atoms with E-state index in [2.05, 4.69) is 16.0 Å². The van der Waals surface area contributed by atoms with Gasteiger partial charge in [0.2, 0.25) is 0 Å². The van der Waals surface area contributed by atoms with E-state index < -0.39 is 0 Å². The van der Waals surface area contributed by atoms with Crippen molar-refractivity contribution in [1.82, 2.24) is 9.88 Å². The molecule has 1 aromatic carbocycles. The highest BCUT2D eigenvalue weighted by molar-refractivity contribution is 5.17. The number of benzene rings is 1. The van der Waals surface area contributed by atoms with Crippen molar-refractivity contribution in [2.45, 2.75) is 38.0 Å². The van der Waals surface area contributed by atoms with E-state index in [1.807, 2.05) is 48.7 Å². The summed E-state index contributed by atoms with van der Waals surface area (Å²) in [7, 11) is 0. The van der Waals surface area contributed by atoms with Crippen LogP contribution in [-0.4, -0.2) is 27.6 Å². The quantitative estimate of drug-likeness (QED) is 0.915. The van der Waals surface area contributed by atoms with Crippen LogP contribution in [0.1, 0.15) is 36.6 Å². The number of hydrogen-bond donors (Lipinski definition) is 1. The molecule has 1 aromatic heterocycles. The first kappa shape index (κ1) is 14.2. The number of rotatable bonds is 5. The van der Waals surface area contributed by atoms with Crippen LogP contribution in [0.15, 0.2) is 54.7 Å². The van der Waals surface area contributed by atoms with Crippen molar-refractivity contribution < 1.29 is 5.11 Å². The third-order valence-electron chi connectivity index (χ3n) is 4.27. The maximum atomic E-state index is 10.4. The molecule has 3 heteroatoms. The zero-order valence-corrected chi connectivity index (χ0v) is 12.2. The molecule has 110 valence electrons. The first-order valence-electron chi connectivity index (χ1n) is 7.70. The number of nitrogens with zero attached hydrogens (tertiary/aromatic N) is 2. The van der Waals surface area contributed by atoms with Gasteiger partial charge in [0.1, 0.15) is 0 Å². The minimum absolute atomic E-state index is 0.375. The van der Waals surface area contributed by atoms with Crippen LogP contribution in [0.3, 0.4) is 0 Å². The zero-order chi connectivity index (χ0) is 14.5. The Bertz CT molecular complexity index is 544. The summed E-state index contributed by atoms with van der Waals surface area (Å²) in [4.78, 5) is 6.86. The molecule has 0 bridgehead atoms. The van der Waals surface area contributed by atoms with Gasteiger partial charge in [0.15, 0.2) is 0 Å². The molecule has 0 spiro atoms. The van der Waals surface area contributed by atoms with Gasteiger partial charge in [-0.25, -0.2) is 0 Å². The molecule has 2 heterocycles. The molecule has 0 amide bonds. The van der Waals surface area contributed by atoms with Crippen molar-refractivity contribution in [1.29, 1.82) is 0 Å². The molecule has 0 radical (unpaired) electrons. The number of aromatic nitrogens is 1. The van der Waals surface area contributed by atoms with E-state index in [-0.39, 0.29) is 6.10 Å². The Labute approximate surface area is 126 Å². The Morgan fingerprint density at radius 3 is 2.71 bits per heavy atom. The molecule has 3 nitrogen and oxygen atoms in total. The molecular weight excluding hydrogens is 260 g/mol. The minimum atomic E-state index is -0.375. The third kappa shape index (κ3) is 3.69. The lowest BCUT2D eigenvalue weighted by Crippen LogP contribution is -2.30. The second kappa shape index (κ2) is 6.83. The maximum Gasteiger partial charge on any atom is 0.0805 e. The van der Waals surface area contributed by atoms with Gasteiger partial charge >= 0.3 is 0 Å². The number of pyridine rings is 1. The molecule has 2 atom stereocenters. The van der Waals surface area contributed by atoms with Gasteiger partial charge in [-0.3, -0.25) is 9.88 Å². The Kier molecular flexibility index (Phi) is 4.63. The van der Waals surface area contributed by atoms with E-state index in [0.717, 1.165) is 37.2 Å². The van der Waals surface area contributed by atoms with E-state index in [4.69, 9.17) is 0 Å². The van der Waals surface area contributed by atoms with Crippen LogP contribution < -0.4 is 0 Å². The van der Waals surface area contributed by atoms with Crippen molar-refractivity contribution in [2.24, 2.45) is 0 Å². The molecule has 0 aliphatic carbocycles. The van der Waals surface area contributed by atoms with Gasteiger partial charge in [-0.1, -0.05) is 36.4 Å². The second-order valence-electron chi connectivity index (χ2n) is 5.75. The summed E-state index contributed by atoms with van der Waals surface area (Å²) in [6.07, 6.45) is 4.65. The summed E-state index contributed by atoms with van der Waals surface area (Å²) in [5.41, 5.74) is 2.13. The topological polar surface area (TPSA) is 36.4 Å². The number of likely N-dealkylation sites (tertiary alicyclic amines) is 1. The Morgan fingerprint density at radius 2 is 1.95 bits per heavy atom. The Balaban J connectivity index is 1.62. The average molecular weight is 282 g/mol. The number of aliphatic hydroxyl groups is 1. The fourth-order valence-electron chi connectivity index (χ4n) is 3.14. The van der Waals surface area contributed by atoms with Gasteiger partial charge in [-0.15, -0.1) is 0 Å². The third-order valence-corrected chi connectivity index (χ3v) is 4.27.